The number of rotatable bonds is 2. The van der Waals surface area contributed by atoms with E-state index in [2.05, 4.69) is 16.8 Å². The van der Waals surface area contributed by atoms with Crippen LogP contribution in [0.4, 0.5) is 0 Å². The van der Waals surface area contributed by atoms with Crippen LogP contribution >= 0.6 is 11.3 Å². The van der Waals surface area contributed by atoms with Crippen LogP contribution in [0.5, 0.6) is 0 Å². The number of likely N-dealkylation sites (tertiary alicyclic amines) is 1. The van der Waals surface area contributed by atoms with Gasteiger partial charge in [-0.3, -0.25) is 14.1 Å². The fraction of sp³-hybridized carbons (Fsp3) is 0.538. The summed E-state index contributed by atoms with van der Waals surface area (Å²) in [6, 6.07) is 2.27. The first kappa shape index (κ1) is 11.9. The summed E-state index contributed by atoms with van der Waals surface area (Å²) in [6.45, 7) is 4.17. The number of piperidine rings is 1. The summed E-state index contributed by atoms with van der Waals surface area (Å²) in [5.74, 6) is 0. The average molecular weight is 263 g/mol. The van der Waals surface area contributed by atoms with Crippen LogP contribution in [0.1, 0.15) is 31.9 Å². The van der Waals surface area contributed by atoms with Gasteiger partial charge in [0.15, 0.2) is 4.96 Å². The number of fused-ring (bicyclic) bond motifs is 1. The summed E-state index contributed by atoms with van der Waals surface area (Å²) in [4.78, 5) is 19.7. The molecule has 4 nitrogen and oxygen atoms in total. The van der Waals surface area contributed by atoms with E-state index >= 15 is 0 Å². The minimum Gasteiger partial charge on any atom is -0.295 e. The van der Waals surface area contributed by atoms with E-state index in [1.807, 2.05) is 5.38 Å². The third-order valence-electron chi connectivity index (χ3n) is 3.66. The van der Waals surface area contributed by atoms with Crippen LogP contribution in [0.15, 0.2) is 22.4 Å². The molecule has 2 aromatic heterocycles. The van der Waals surface area contributed by atoms with Crippen molar-refractivity contribution in [2.75, 3.05) is 6.54 Å². The summed E-state index contributed by atoms with van der Waals surface area (Å²) < 4.78 is 1.60. The molecule has 0 spiro atoms. The number of hydrogen-bond donors (Lipinski definition) is 0. The van der Waals surface area contributed by atoms with E-state index in [9.17, 15) is 4.79 Å². The van der Waals surface area contributed by atoms with Crippen molar-refractivity contribution in [3.8, 4) is 0 Å². The third-order valence-corrected chi connectivity index (χ3v) is 4.42. The lowest BCUT2D eigenvalue weighted by atomic mass is 10.0. The predicted octanol–water partition coefficient (Wildman–Crippen LogP) is 2.13. The highest BCUT2D eigenvalue weighted by molar-refractivity contribution is 7.15. The van der Waals surface area contributed by atoms with Crippen LogP contribution in [0, 0.1) is 0 Å². The lowest BCUT2D eigenvalue weighted by Gasteiger charge is -2.32. The van der Waals surface area contributed by atoms with Crippen LogP contribution < -0.4 is 5.56 Å². The van der Waals surface area contributed by atoms with E-state index in [-0.39, 0.29) is 5.56 Å². The van der Waals surface area contributed by atoms with Gasteiger partial charge in [-0.05, 0) is 26.3 Å². The van der Waals surface area contributed by atoms with E-state index in [4.69, 9.17) is 0 Å². The van der Waals surface area contributed by atoms with E-state index in [0.29, 0.717) is 6.04 Å². The number of nitrogens with zero attached hydrogens (tertiary/aromatic N) is 3. The smallest absolute Gasteiger partial charge is 0.258 e. The molecule has 1 aliphatic rings. The summed E-state index contributed by atoms with van der Waals surface area (Å²) in [5.41, 5.74) is 0.928. The molecule has 3 rings (SSSR count). The molecular formula is C13H17N3OS. The maximum absolute atomic E-state index is 11.9. The summed E-state index contributed by atoms with van der Waals surface area (Å²) in [6.07, 6.45) is 5.60. The Morgan fingerprint density at radius 3 is 3.22 bits per heavy atom. The van der Waals surface area contributed by atoms with Crippen molar-refractivity contribution in [2.24, 2.45) is 0 Å². The molecule has 18 heavy (non-hydrogen) atoms. The Hall–Kier alpha value is -1.20. The zero-order chi connectivity index (χ0) is 12.5. The van der Waals surface area contributed by atoms with E-state index in [1.54, 1.807) is 16.7 Å². The molecule has 0 amide bonds. The van der Waals surface area contributed by atoms with Crippen molar-refractivity contribution in [1.29, 1.82) is 0 Å². The molecule has 1 saturated heterocycles. The highest BCUT2D eigenvalue weighted by Crippen LogP contribution is 2.18. The monoisotopic (exact) mass is 263 g/mol. The maximum atomic E-state index is 11.9. The molecule has 0 aromatic carbocycles. The van der Waals surface area contributed by atoms with Gasteiger partial charge in [0.1, 0.15) is 0 Å². The molecule has 0 N–H and O–H groups in total. The number of thiazole rings is 1. The lowest BCUT2D eigenvalue weighted by Crippen LogP contribution is -2.37. The lowest BCUT2D eigenvalue weighted by molar-refractivity contribution is 0.151. The molecule has 1 fully saturated rings. The first-order chi connectivity index (χ1) is 8.74. The number of hydrogen-bond acceptors (Lipinski definition) is 4. The van der Waals surface area contributed by atoms with E-state index < -0.39 is 0 Å². The quantitative estimate of drug-likeness (QED) is 0.833. The van der Waals surface area contributed by atoms with Crippen molar-refractivity contribution < 1.29 is 0 Å². The van der Waals surface area contributed by atoms with Gasteiger partial charge < -0.3 is 0 Å². The number of aromatic nitrogens is 2. The van der Waals surface area contributed by atoms with Crippen molar-refractivity contribution in [1.82, 2.24) is 14.3 Å². The Morgan fingerprint density at radius 2 is 2.39 bits per heavy atom. The Labute approximate surface area is 110 Å². The first-order valence-electron chi connectivity index (χ1n) is 6.44. The highest BCUT2D eigenvalue weighted by Gasteiger charge is 2.19. The van der Waals surface area contributed by atoms with Crippen molar-refractivity contribution in [3.63, 3.8) is 0 Å². The van der Waals surface area contributed by atoms with Crippen LogP contribution in [0.2, 0.25) is 0 Å². The third kappa shape index (κ3) is 2.20. The fourth-order valence-corrected chi connectivity index (χ4v) is 3.31. The van der Waals surface area contributed by atoms with E-state index in [1.165, 1.54) is 30.6 Å². The molecule has 0 saturated carbocycles. The van der Waals surface area contributed by atoms with Gasteiger partial charge in [0.2, 0.25) is 0 Å². The molecule has 0 aliphatic carbocycles. The second kappa shape index (κ2) is 4.82. The molecular weight excluding hydrogens is 246 g/mol. The standard InChI is InChI=1S/C13H17N3OS/c1-10-4-2-3-5-15(10)9-11-8-12(17)16-6-7-18-13(16)14-11/h6-8,10H,2-5,9H2,1H3/t10-/m1/s1. The molecule has 1 aliphatic heterocycles. The second-order valence-electron chi connectivity index (χ2n) is 4.96. The topological polar surface area (TPSA) is 37.6 Å². The molecule has 0 bridgehead atoms. The Morgan fingerprint density at radius 1 is 1.50 bits per heavy atom. The molecule has 0 radical (unpaired) electrons. The summed E-state index contributed by atoms with van der Waals surface area (Å²) in [7, 11) is 0. The SMILES string of the molecule is C[C@@H]1CCCCN1Cc1cc(=O)n2ccsc2n1. The summed E-state index contributed by atoms with van der Waals surface area (Å²) >= 11 is 1.51. The van der Waals surface area contributed by atoms with Gasteiger partial charge >= 0.3 is 0 Å². The minimum absolute atomic E-state index is 0.0286. The Bertz CT molecular complexity index is 604. The Balaban J connectivity index is 1.87. The van der Waals surface area contributed by atoms with Crippen molar-refractivity contribution >= 4 is 16.3 Å². The Kier molecular flexibility index (Phi) is 3.18. The highest BCUT2D eigenvalue weighted by atomic mass is 32.1. The van der Waals surface area contributed by atoms with Crippen LogP contribution in [0.25, 0.3) is 4.96 Å². The molecule has 2 aromatic rings. The fourth-order valence-electron chi connectivity index (χ4n) is 2.57. The molecule has 96 valence electrons. The van der Waals surface area contributed by atoms with Crippen LogP contribution in [-0.2, 0) is 6.54 Å². The average Bonchev–Trinajstić information content (AvgIpc) is 2.81. The zero-order valence-electron chi connectivity index (χ0n) is 10.5. The van der Waals surface area contributed by atoms with Gasteiger partial charge in [-0.15, -0.1) is 11.3 Å². The van der Waals surface area contributed by atoms with Gasteiger partial charge in [0, 0.05) is 30.2 Å². The van der Waals surface area contributed by atoms with Crippen LogP contribution in [0.3, 0.4) is 0 Å². The zero-order valence-corrected chi connectivity index (χ0v) is 11.3. The van der Waals surface area contributed by atoms with Gasteiger partial charge in [-0.2, -0.15) is 0 Å². The predicted molar refractivity (Wildman–Crippen MR) is 73.1 cm³/mol. The van der Waals surface area contributed by atoms with Gasteiger partial charge in [-0.25, -0.2) is 4.98 Å². The first-order valence-corrected chi connectivity index (χ1v) is 7.32. The van der Waals surface area contributed by atoms with Crippen LogP contribution in [-0.4, -0.2) is 26.9 Å². The molecule has 1 atom stereocenters. The van der Waals surface area contributed by atoms with Gasteiger partial charge in [0.25, 0.3) is 5.56 Å². The maximum Gasteiger partial charge on any atom is 0.258 e. The minimum atomic E-state index is 0.0286. The summed E-state index contributed by atoms with van der Waals surface area (Å²) in [5, 5.41) is 1.90. The molecule has 3 heterocycles. The largest absolute Gasteiger partial charge is 0.295 e. The second-order valence-corrected chi connectivity index (χ2v) is 5.83. The van der Waals surface area contributed by atoms with Gasteiger partial charge in [-0.1, -0.05) is 6.42 Å². The van der Waals surface area contributed by atoms with Crippen molar-refractivity contribution in [2.45, 2.75) is 38.8 Å². The normalized spacial score (nSPS) is 21.5. The van der Waals surface area contributed by atoms with E-state index in [0.717, 1.165) is 23.7 Å². The molecule has 0 unspecified atom stereocenters. The van der Waals surface area contributed by atoms with Gasteiger partial charge in [0.05, 0.1) is 5.69 Å². The molecule has 5 heteroatoms. The van der Waals surface area contributed by atoms with Crippen molar-refractivity contribution in [3.05, 3.63) is 33.7 Å².